The average Bonchev–Trinajstić information content (AvgIpc) is 1.97. The minimum atomic E-state index is -4.08. The Labute approximate surface area is 76.5 Å². The lowest BCUT2D eigenvalue weighted by Gasteiger charge is -2.23. The van der Waals surface area contributed by atoms with Gasteiger partial charge in [-0.2, -0.15) is 13.2 Å². The molecule has 5 heteroatoms. The highest BCUT2D eigenvalue weighted by atomic mass is 19.4. The second-order valence-corrected chi connectivity index (χ2v) is 3.51. The van der Waals surface area contributed by atoms with Crippen LogP contribution in [0.3, 0.4) is 0 Å². The molecule has 0 aliphatic rings. The first-order valence-electron chi connectivity index (χ1n) is 4.09. The highest BCUT2D eigenvalue weighted by molar-refractivity contribution is 4.71. The Morgan fingerprint density at radius 1 is 1.23 bits per heavy atom. The second kappa shape index (κ2) is 4.81. The quantitative estimate of drug-likeness (QED) is 0.683. The molecule has 0 bridgehead atoms. The van der Waals surface area contributed by atoms with Gasteiger partial charge < -0.3 is 10.1 Å². The SMILES string of the molecule is COC(C)(C)CNCCC(F)(F)F. The summed E-state index contributed by atoms with van der Waals surface area (Å²) in [7, 11) is 1.53. The summed E-state index contributed by atoms with van der Waals surface area (Å²) in [5.41, 5.74) is -0.411. The van der Waals surface area contributed by atoms with Crippen LogP contribution in [-0.2, 0) is 4.74 Å². The molecule has 13 heavy (non-hydrogen) atoms. The molecule has 0 saturated heterocycles. The monoisotopic (exact) mass is 199 g/mol. The third-order valence-electron chi connectivity index (χ3n) is 1.69. The summed E-state index contributed by atoms with van der Waals surface area (Å²) in [5.74, 6) is 0. The molecule has 1 N–H and O–H groups in total. The van der Waals surface area contributed by atoms with E-state index in [4.69, 9.17) is 4.74 Å². The Hall–Kier alpha value is -0.290. The zero-order chi connectivity index (χ0) is 10.5. The fourth-order valence-electron chi connectivity index (χ4n) is 0.692. The Kier molecular flexibility index (Phi) is 4.70. The number of rotatable bonds is 5. The molecule has 0 heterocycles. The molecule has 0 spiro atoms. The van der Waals surface area contributed by atoms with Crippen molar-refractivity contribution in [3.8, 4) is 0 Å². The standard InChI is InChI=1S/C8H16F3NO/c1-7(2,13-3)6-12-5-4-8(9,10)11/h12H,4-6H2,1-3H3. The predicted octanol–water partition coefficient (Wildman–Crippen LogP) is 1.95. The number of hydrogen-bond acceptors (Lipinski definition) is 2. The van der Waals surface area contributed by atoms with Gasteiger partial charge in [0.05, 0.1) is 12.0 Å². The Bertz CT molecular complexity index is 145. The van der Waals surface area contributed by atoms with Gasteiger partial charge >= 0.3 is 6.18 Å². The van der Waals surface area contributed by atoms with E-state index in [9.17, 15) is 13.2 Å². The fraction of sp³-hybridized carbons (Fsp3) is 1.00. The van der Waals surface area contributed by atoms with E-state index in [2.05, 4.69) is 5.32 Å². The van der Waals surface area contributed by atoms with Crippen molar-refractivity contribution in [2.45, 2.75) is 32.0 Å². The maximum atomic E-state index is 11.7. The molecule has 0 unspecified atom stereocenters. The minimum absolute atomic E-state index is 0.0592. The van der Waals surface area contributed by atoms with E-state index < -0.39 is 18.2 Å². The summed E-state index contributed by atoms with van der Waals surface area (Å²) in [5, 5.41) is 2.69. The minimum Gasteiger partial charge on any atom is -0.377 e. The molecule has 0 saturated carbocycles. The van der Waals surface area contributed by atoms with Crippen LogP contribution in [0.4, 0.5) is 13.2 Å². The molecule has 80 valence electrons. The van der Waals surface area contributed by atoms with Crippen LogP contribution in [0.1, 0.15) is 20.3 Å². The van der Waals surface area contributed by atoms with E-state index in [-0.39, 0.29) is 6.54 Å². The van der Waals surface area contributed by atoms with Gasteiger partial charge in [0.2, 0.25) is 0 Å². The van der Waals surface area contributed by atoms with Crippen molar-refractivity contribution in [1.82, 2.24) is 5.32 Å². The van der Waals surface area contributed by atoms with Crippen molar-refractivity contribution >= 4 is 0 Å². The van der Waals surface area contributed by atoms with Gasteiger partial charge in [0.15, 0.2) is 0 Å². The van der Waals surface area contributed by atoms with E-state index in [0.717, 1.165) is 0 Å². The van der Waals surface area contributed by atoms with Crippen LogP contribution in [-0.4, -0.2) is 32.0 Å². The lowest BCUT2D eigenvalue weighted by atomic mass is 10.1. The lowest BCUT2D eigenvalue weighted by Crippen LogP contribution is -2.38. The number of halogens is 3. The van der Waals surface area contributed by atoms with Crippen molar-refractivity contribution in [3.63, 3.8) is 0 Å². The average molecular weight is 199 g/mol. The molecule has 2 nitrogen and oxygen atoms in total. The van der Waals surface area contributed by atoms with Crippen LogP contribution >= 0.6 is 0 Å². The molecule has 0 aromatic heterocycles. The third kappa shape index (κ3) is 8.05. The maximum Gasteiger partial charge on any atom is 0.390 e. The molecule has 0 aromatic carbocycles. The van der Waals surface area contributed by atoms with Crippen LogP contribution < -0.4 is 5.32 Å². The van der Waals surface area contributed by atoms with Gasteiger partial charge in [0.1, 0.15) is 0 Å². The van der Waals surface area contributed by atoms with Gasteiger partial charge in [-0.15, -0.1) is 0 Å². The molecule has 0 rings (SSSR count). The van der Waals surface area contributed by atoms with Crippen molar-refractivity contribution < 1.29 is 17.9 Å². The van der Waals surface area contributed by atoms with Gasteiger partial charge in [-0.25, -0.2) is 0 Å². The Balaban J connectivity index is 3.47. The van der Waals surface area contributed by atoms with Gasteiger partial charge in [0.25, 0.3) is 0 Å². The van der Waals surface area contributed by atoms with Gasteiger partial charge in [-0.1, -0.05) is 0 Å². The van der Waals surface area contributed by atoms with Crippen LogP contribution in [0.5, 0.6) is 0 Å². The molecule has 0 fully saturated rings. The fourth-order valence-corrected chi connectivity index (χ4v) is 0.692. The molecule has 0 aromatic rings. The normalized spacial score (nSPS) is 13.4. The first-order valence-corrected chi connectivity index (χ1v) is 4.09. The zero-order valence-corrected chi connectivity index (χ0v) is 8.16. The van der Waals surface area contributed by atoms with Gasteiger partial charge in [-0.3, -0.25) is 0 Å². The molecule has 0 atom stereocenters. The molecule has 0 radical (unpaired) electrons. The smallest absolute Gasteiger partial charge is 0.377 e. The molecular formula is C8H16F3NO. The summed E-state index contributed by atoms with van der Waals surface area (Å²) in [6, 6.07) is 0. The van der Waals surface area contributed by atoms with Crippen molar-refractivity contribution in [2.24, 2.45) is 0 Å². The van der Waals surface area contributed by atoms with E-state index in [1.165, 1.54) is 7.11 Å². The van der Waals surface area contributed by atoms with E-state index in [1.807, 2.05) is 13.8 Å². The van der Waals surface area contributed by atoms with Crippen molar-refractivity contribution in [3.05, 3.63) is 0 Å². The van der Waals surface area contributed by atoms with Crippen LogP contribution in [0, 0.1) is 0 Å². The van der Waals surface area contributed by atoms with E-state index >= 15 is 0 Å². The van der Waals surface area contributed by atoms with Crippen LogP contribution in [0.2, 0.25) is 0 Å². The van der Waals surface area contributed by atoms with E-state index in [1.54, 1.807) is 0 Å². The largest absolute Gasteiger partial charge is 0.390 e. The van der Waals surface area contributed by atoms with E-state index in [0.29, 0.717) is 6.54 Å². The zero-order valence-electron chi connectivity index (χ0n) is 8.16. The molecule has 0 aliphatic carbocycles. The second-order valence-electron chi connectivity index (χ2n) is 3.51. The number of nitrogens with one attached hydrogen (secondary N) is 1. The van der Waals surface area contributed by atoms with Gasteiger partial charge in [-0.05, 0) is 13.8 Å². The molecule has 0 aliphatic heterocycles. The van der Waals surface area contributed by atoms with Crippen LogP contribution in [0.25, 0.3) is 0 Å². The first kappa shape index (κ1) is 12.7. The maximum absolute atomic E-state index is 11.7. The highest BCUT2D eigenvalue weighted by Crippen LogP contribution is 2.18. The number of hydrogen-bond donors (Lipinski definition) is 1. The van der Waals surface area contributed by atoms with Crippen molar-refractivity contribution in [1.29, 1.82) is 0 Å². The summed E-state index contributed by atoms with van der Waals surface area (Å²) < 4.78 is 40.1. The molecule has 0 amide bonds. The summed E-state index contributed by atoms with van der Waals surface area (Å²) in [6.45, 7) is 3.98. The lowest BCUT2D eigenvalue weighted by molar-refractivity contribution is -0.133. The highest BCUT2D eigenvalue weighted by Gasteiger charge is 2.26. The summed E-state index contributed by atoms with van der Waals surface area (Å²) >= 11 is 0. The predicted molar refractivity (Wildman–Crippen MR) is 44.6 cm³/mol. The summed E-state index contributed by atoms with van der Waals surface area (Å²) in [4.78, 5) is 0. The first-order chi connectivity index (χ1) is 5.77. The topological polar surface area (TPSA) is 21.3 Å². The molecular weight excluding hydrogens is 183 g/mol. The number of alkyl halides is 3. The Morgan fingerprint density at radius 2 is 1.77 bits per heavy atom. The van der Waals surface area contributed by atoms with Gasteiger partial charge in [0, 0.05) is 20.2 Å². The number of ether oxygens (including phenoxy) is 1. The van der Waals surface area contributed by atoms with Crippen molar-refractivity contribution in [2.75, 3.05) is 20.2 Å². The van der Waals surface area contributed by atoms with Crippen LogP contribution in [0.15, 0.2) is 0 Å². The number of methoxy groups -OCH3 is 1. The third-order valence-corrected chi connectivity index (χ3v) is 1.69. The Morgan fingerprint density at radius 3 is 2.15 bits per heavy atom. The summed E-state index contributed by atoms with van der Waals surface area (Å²) in [6.07, 6.45) is -4.88.